The van der Waals surface area contributed by atoms with Crippen LogP contribution < -0.4 is 0 Å². The van der Waals surface area contributed by atoms with E-state index in [1.165, 1.54) is 19.2 Å². The fourth-order valence-corrected chi connectivity index (χ4v) is 6.18. The van der Waals surface area contributed by atoms with Crippen molar-refractivity contribution in [1.29, 1.82) is 0 Å². The molecule has 0 saturated carbocycles. The summed E-state index contributed by atoms with van der Waals surface area (Å²) in [7, 11) is -2.32. The maximum absolute atomic E-state index is 14.0. The second-order valence-electron chi connectivity index (χ2n) is 8.74. The molecular formula is C26H30FN2O5P. The quantitative estimate of drug-likeness (QED) is 0.334. The Morgan fingerprint density at radius 1 is 1.03 bits per heavy atom. The lowest BCUT2D eigenvalue weighted by molar-refractivity contribution is -0.138. The second-order valence-corrected chi connectivity index (χ2v) is 11.7. The van der Waals surface area contributed by atoms with E-state index in [0.29, 0.717) is 28.3 Å². The molecule has 35 heavy (non-hydrogen) atoms. The summed E-state index contributed by atoms with van der Waals surface area (Å²) >= 11 is 0. The Morgan fingerprint density at radius 3 is 2.20 bits per heavy atom. The molecule has 7 nitrogen and oxygen atoms in total. The predicted molar refractivity (Wildman–Crippen MR) is 133 cm³/mol. The van der Waals surface area contributed by atoms with Gasteiger partial charge in [0.25, 0.3) is 0 Å². The average Bonchev–Trinajstić information content (AvgIpc) is 2.83. The summed E-state index contributed by atoms with van der Waals surface area (Å²) in [5, 5.41) is 19.3. The van der Waals surface area contributed by atoms with E-state index in [0.717, 1.165) is 5.56 Å². The van der Waals surface area contributed by atoms with Gasteiger partial charge in [0.2, 0.25) is 7.37 Å². The number of benzene rings is 2. The van der Waals surface area contributed by atoms with Crippen LogP contribution in [0.4, 0.5) is 4.39 Å². The van der Waals surface area contributed by atoms with Crippen LogP contribution in [0.15, 0.2) is 54.6 Å². The minimum Gasteiger partial charge on any atom is -0.481 e. The van der Waals surface area contributed by atoms with Crippen LogP contribution in [0.3, 0.4) is 0 Å². The summed E-state index contributed by atoms with van der Waals surface area (Å²) in [6, 6.07) is 15.3. The summed E-state index contributed by atoms with van der Waals surface area (Å²) in [6.45, 7) is 5.62. The van der Waals surface area contributed by atoms with Gasteiger partial charge in [0.05, 0.1) is 35.7 Å². The molecule has 0 aliphatic heterocycles. The van der Waals surface area contributed by atoms with Crippen molar-refractivity contribution in [2.45, 2.75) is 44.9 Å². The first-order chi connectivity index (χ1) is 16.6. The molecule has 0 saturated heterocycles. The Bertz CT molecular complexity index is 1220. The molecule has 0 radical (unpaired) electrons. The third-order valence-corrected chi connectivity index (χ3v) is 8.85. The number of aromatic nitrogens is 2. The number of carboxylic acid groups (broad SMARTS) is 1. The molecule has 0 amide bonds. The molecule has 0 fully saturated rings. The Balaban J connectivity index is 2.25. The largest absolute Gasteiger partial charge is 0.481 e. The molecule has 3 rings (SSSR count). The second kappa shape index (κ2) is 11.2. The van der Waals surface area contributed by atoms with Crippen LogP contribution in [0.2, 0.25) is 0 Å². The first-order valence-electron chi connectivity index (χ1n) is 11.3. The number of hydrogen-bond acceptors (Lipinski definition) is 6. The van der Waals surface area contributed by atoms with Gasteiger partial charge in [0, 0.05) is 23.8 Å². The molecule has 3 unspecified atom stereocenters. The van der Waals surface area contributed by atoms with E-state index >= 15 is 0 Å². The summed E-state index contributed by atoms with van der Waals surface area (Å²) in [5.74, 6) is -1.21. The molecule has 2 N–H and O–H groups in total. The molecule has 2 aromatic carbocycles. The predicted octanol–water partition coefficient (Wildman–Crippen LogP) is 5.89. The van der Waals surface area contributed by atoms with Crippen molar-refractivity contribution in [3.63, 3.8) is 0 Å². The van der Waals surface area contributed by atoms with E-state index < -0.39 is 37.3 Å². The van der Waals surface area contributed by atoms with Crippen LogP contribution in [0, 0.1) is 5.82 Å². The Morgan fingerprint density at radius 2 is 1.66 bits per heavy atom. The molecule has 0 spiro atoms. The Kier molecular flexibility index (Phi) is 8.54. The van der Waals surface area contributed by atoms with E-state index in [9.17, 15) is 18.9 Å². The minimum atomic E-state index is -3.60. The number of rotatable bonds is 10. The highest BCUT2D eigenvalue weighted by molar-refractivity contribution is 7.59. The number of aliphatic hydroxyl groups is 1. The first kappa shape index (κ1) is 26.7. The number of carboxylic acids is 1. The van der Waals surface area contributed by atoms with Gasteiger partial charge < -0.3 is 14.7 Å². The maximum Gasteiger partial charge on any atom is 0.305 e. The molecular weight excluding hydrogens is 470 g/mol. The summed E-state index contributed by atoms with van der Waals surface area (Å²) in [5.41, 5.74) is 2.35. The highest BCUT2D eigenvalue weighted by Gasteiger charge is 2.38. The lowest BCUT2D eigenvalue weighted by atomic mass is 9.96. The Hall–Kier alpha value is -2.93. The fraction of sp³-hybridized carbons (Fsp3) is 0.346. The highest BCUT2D eigenvalue weighted by atomic mass is 31.2. The number of nitrogens with zero attached hydrogens (tertiary/aromatic N) is 2. The summed E-state index contributed by atoms with van der Waals surface area (Å²) in [4.78, 5) is 20.7. The van der Waals surface area contributed by atoms with E-state index in [2.05, 4.69) is 0 Å². The third kappa shape index (κ3) is 6.20. The monoisotopic (exact) mass is 500 g/mol. The molecule has 0 bridgehead atoms. The van der Waals surface area contributed by atoms with Crippen LogP contribution in [0.1, 0.15) is 50.0 Å². The molecule has 0 aliphatic carbocycles. The van der Waals surface area contributed by atoms with Crippen molar-refractivity contribution in [2.75, 3.05) is 13.3 Å². The number of hydrogen-bond donors (Lipinski definition) is 2. The molecule has 9 heteroatoms. The van der Waals surface area contributed by atoms with Gasteiger partial charge in [-0.05, 0) is 37.1 Å². The number of aliphatic carboxylic acids is 1. The summed E-state index contributed by atoms with van der Waals surface area (Å²) < 4.78 is 33.1. The van der Waals surface area contributed by atoms with Crippen LogP contribution in [0.25, 0.3) is 22.6 Å². The van der Waals surface area contributed by atoms with Crippen molar-refractivity contribution in [3.05, 3.63) is 71.7 Å². The molecule has 186 valence electrons. The standard InChI is InChI=1S/C26H30FN2O5P/c1-16(2)24-23(17(3)35(33,34-4)15-21(30)14-22(31)32)25(18-10-12-20(27)13-11-18)29-26(28-24)19-8-6-5-7-9-19/h5-13,16-17,21,30H,14-15H2,1-4H3,(H,31,32). The lowest BCUT2D eigenvalue weighted by Crippen LogP contribution is -2.20. The van der Waals surface area contributed by atoms with Crippen molar-refractivity contribution in [3.8, 4) is 22.6 Å². The van der Waals surface area contributed by atoms with Gasteiger partial charge in [0.1, 0.15) is 5.82 Å². The zero-order valence-corrected chi connectivity index (χ0v) is 21.1. The van der Waals surface area contributed by atoms with E-state index in [1.54, 1.807) is 19.1 Å². The molecule has 0 aliphatic rings. The van der Waals surface area contributed by atoms with Gasteiger partial charge in [0.15, 0.2) is 5.82 Å². The van der Waals surface area contributed by atoms with E-state index in [4.69, 9.17) is 19.6 Å². The molecule has 3 aromatic rings. The number of halogens is 1. The maximum atomic E-state index is 14.0. The van der Waals surface area contributed by atoms with E-state index in [1.807, 2.05) is 44.2 Å². The lowest BCUT2D eigenvalue weighted by Gasteiger charge is -2.29. The fourth-order valence-electron chi connectivity index (χ4n) is 4.03. The van der Waals surface area contributed by atoms with Crippen LogP contribution in [-0.2, 0) is 13.9 Å². The van der Waals surface area contributed by atoms with Gasteiger partial charge >= 0.3 is 5.97 Å². The van der Waals surface area contributed by atoms with Crippen LogP contribution in [-0.4, -0.2) is 45.5 Å². The van der Waals surface area contributed by atoms with Crippen molar-refractivity contribution >= 4 is 13.3 Å². The Labute approximate surface area is 204 Å². The van der Waals surface area contributed by atoms with Crippen molar-refractivity contribution in [2.24, 2.45) is 0 Å². The van der Waals surface area contributed by atoms with Crippen molar-refractivity contribution in [1.82, 2.24) is 9.97 Å². The zero-order chi connectivity index (χ0) is 25.8. The topological polar surface area (TPSA) is 110 Å². The average molecular weight is 501 g/mol. The third-order valence-electron chi connectivity index (χ3n) is 5.86. The molecule has 1 heterocycles. The van der Waals surface area contributed by atoms with Gasteiger partial charge in [-0.25, -0.2) is 14.4 Å². The van der Waals surface area contributed by atoms with E-state index in [-0.39, 0.29) is 12.1 Å². The smallest absolute Gasteiger partial charge is 0.305 e. The van der Waals surface area contributed by atoms with Crippen molar-refractivity contribution < 1.29 is 28.5 Å². The summed E-state index contributed by atoms with van der Waals surface area (Å²) in [6.07, 6.45) is -2.23. The normalized spacial score (nSPS) is 14.9. The molecule has 3 atom stereocenters. The van der Waals surface area contributed by atoms with Gasteiger partial charge in [-0.15, -0.1) is 0 Å². The minimum absolute atomic E-state index is 0.0913. The van der Waals surface area contributed by atoms with Crippen LogP contribution in [0.5, 0.6) is 0 Å². The van der Waals surface area contributed by atoms with Crippen LogP contribution >= 0.6 is 7.37 Å². The van der Waals surface area contributed by atoms with Gasteiger partial charge in [-0.1, -0.05) is 44.2 Å². The number of carbonyl (C=O) groups is 1. The highest BCUT2D eigenvalue weighted by Crippen LogP contribution is 2.61. The first-order valence-corrected chi connectivity index (χ1v) is 13.2. The molecule has 1 aromatic heterocycles. The number of aliphatic hydroxyl groups excluding tert-OH is 1. The van der Waals surface area contributed by atoms with Gasteiger partial charge in [-0.3, -0.25) is 9.36 Å². The van der Waals surface area contributed by atoms with Gasteiger partial charge in [-0.2, -0.15) is 0 Å². The zero-order valence-electron chi connectivity index (χ0n) is 20.2. The SMILES string of the molecule is COP(=O)(CC(O)CC(=O)O)C(C)c1c(-c2ccc(F)cc2)nc(-c2ccccc2)nc1C(C)C.